The average Bonchev–Trinajstić information content (AvgIpc) is 3.10. The molecule has 1 aliphatic rings. The van der Waals surface area contributed by atoms with E-state index in [-0.39, 0.29) is 23.9 Å². The minimum absolute atomic E-state index is 0.161. The Labute approximate surface area is 161 Å². The molecular formula is C16H18ClN3O4S2. The Morgan fingerprint density at radius 3 is 2.69 bits per heavy atom. The van der Waals surface area contributed by atoms with Crippen molar-refractivity contribution in [2.75, 3.05) is 33.3 Å². The Morgan fingerprint density at radius 2 is 2.04 bits per heavy atom. The first-order valence-electron chi connectivity index (χ1n) is 7.90. The van der Waals surface area contributed by atoms with Crippen LogP contribution in [0.4, 0.5) is 0 Å². The number of hydrogen-bond acceptors (Lipinski definition) is 6. The van der Waals surface area contributed by atoms with Crippen molar-refractivity contribution in [2.24, 2.45) is 0 Å². The van der Waals surface area contributed by atoms with Gasteiger partial charge in [0.15, 0.2) is 0 Å². The predicted octanol–water partition coefficient (Wildman–Crippen LogP) is 2.09. The number of hydrogen-bond donors (Lipinski definition) is 0. The molecular weight excluding hydrogens is 398 g/mol. The van der Waals surface area contributed by atoms with Crippen molar-refractivity contribution in [3.63, 3.8) is 0 Å². The zero-order valence-corrected chi connectivity index (χ0v) is 16.5. The number of ether oxygens (including phenoxy) is 1. The van der Waals surface area contributed by atoms with E-state index in [2.05, 4.69) is 4.98 Å². The lowest BCUT2D eigenvalue weighted by Gasteiger charge is -2.33. The Bertz CT molecular complexity index is 892. The molecule has 10 heteroatoms. The van der Waals surface area contributed by atoms with E-state index in [0.29, 0.717) is 30.4 Å². The van der Waals surface area contributed by atoms with E-state index in [4.69, 9.17) is 16.3 Å². The third kappa shape index (κ3) is 4.07. The molecule has 1 amide bonds. The van der Waals surface area contributed by atoms with Crippen molar-refractivity contribution in [3.05, 3.63) is 45.4 Å². The Kier molecular flexibility index (Phi) is 5.93. The van der Waals surface area contributed by atoms with Gasteiger partial charge in [-0.05, 0) is 18.2 Å². The summed E-state index contributed by atoms with van der Waals surface area (Å²) in [5.41, 5.74) is 0.369. The van der Waals surface area contributed by atoms with Crippen molar-refractivity contribution in [1.82, 2.24) is 14.2 Å². The van der Waals surface area contributed by atoms with E-state index in [0.717, 1.165) is 5.01 Å². The molecule has 140 valence electrons. The van der Waals surface area contributed by atoms with E-state index in [9.17, 15) is 13.2 Å². The average molecular weight is 416 g/mol. The molecule has 0 spiro atoms. The first-order chi connectivity index (χ1) is 12.4. The van der Waals surface area contributed by atoms with Crippen LogP contribution in [0.25, 0.3) is 0 Å². The molecule has 1 fully saturated rings. The summed E-state index contributed by atoms with van der Waals surface area (Å²) >= 11 is 7.26. The number of amides is 1. The fraction of sp³-hybridized carbons (Fsp3) is 0.375. The van der Waals surface area contributed by atoms with Crippen LogP contribution in [0, 0.1) is 0 Å². The summed E-state index contributed by atoms with van der Waals surface area (Å²) < 4.78 is 31.8. The van der Waals surface area contributed by atoms with Crippen molar-refractivity contribution in [3.8, 4) is 0 Å². The molecule has 0 aliphatic carbocycles. The number of piperazine rings is 1. The highest BCUT2D eigenvalue weighted by Crippen LogP contribution is 2.21. The number of aromatic nitrogens is 1. The fourth-order valence-electron chi connectivity index (χ4n) is 2.67. The Balaban J connectivity index is 1.65. The topological polar surface area (TPSA) is 79.8 Å². The quantitative estimate of drug-likeness (QED) is 0.747. The lowest BCUT2D eigenvalue weighted by atomic mass is 10.3. The van der Waals surface area contributed by atoms with Crippen molar-refractivity contribution in [2.45, 2.75) is 11.5 Å². The maximum atomic E-state index is 12.7. The molecule has 3 rings (SSSR count). The number of carbonyl (C=O) groups excluding carboxylic acids is 1. The number of sulfonamides is 1. The van der Waals surface area contributed by atoms with Crippen LogP contribution in [0.1, 0.15) is 15.5 Å². The number of rotatable bonds is 5. The second-order valence-corrected chi connectivity index (χ2v) is 9.03. The first-order valence-corrected chi connectivity index (χ1v) is 10.6. The van der Waals surface area contributed by atoms with Crippen LogP contribution < -0.4 is 0 Å². The van der Waals surface area contributed by atoms with Gasteiger partial charge in [-0.25, -0.2) is 13.4 Å². The van der Waals surface area contributed by atoms with Crippen molar-refractivity contribution < 1.29 is 17.9 Å². The molecule has 0 N–H and O–H groups in total. The van der Waals surface area contributed by atoms with Gasteiger partial charge in [0, 0.05) is 43.7 Å². The third-order valence-corrected chi connectivity index (χ3v) is 6.95. The van der Waals surface area contributed by atoms with Gasteiger partial charge in [-0.3, -0.25) is 4.79 Å². The Morgan fingerprint density at radius 1 is 1.31 bits per heavy atom. The Hall–Kier alpha value is -1.52. The summed E-state index contributed by atoms with van der Waals surface area (Å²) in [6.45, 7) is 1.46. The van der Waals surface area contributed by atoms with E-state index in [1.54, 1.807) is 29.5 Å². The van der Waals surface area contributed by atoms with Gasteiger partial charge in [0.1, 0.15) is 10.7 Å². The van der Waals surface area contributed by atoms with Crippen LogP contribution in [0.2, 0.25) is 5.02 Å². The lowest BCUT2D eigenvalue weighted by Crippen LogP contribution is -2.50. The highest BCUT2D eigenvalue weighted by molar-refractivity contribution is 7.89. The van der Waals surface area contributed by atoms with Gasteiger partial charge in [-0.15, -0.1) is 11.3 Å². The van der Waals surface area contributed by atoms with Gasteiger partial charge in [0.25, 0.3) is 5.91 Å². The molecule has 7 nitrogen and oxygen atoms in total. The fourth-order valence-corrected chi connectivity index (χ4v) is 5.13. The second kappa shape index (κ2) is 8.01. The summed E-state index contributed by atoms with van der Waals surface area (Å²) in [6.07, 6.45) is 0. The van der Waals surface area contributed by atoms with E-state index >= 15 is 0 Å². The van der Waals surface area contributed by atoms with Crippen molar-refractivity contribution in [1.29, 1.82) is 0 Å². The molecule has 0 unspecified atom stereocenters. The smallest absolute Gasteiger partial charge is 0.273 e. The van der Waals surface area contributed by atoms with E-state index in [1.165, 1.54) is 27.8 Å². The van der Waals surface area contributed by atoms with Crippen LogP contribution in [0.15, 0.2) is 34.5 Å². The molecule has 1 aliphatic heterocycles. The molecule has 1 saturated heterocycles. The van der Waals surface area contributed by atoms with Gasteiger partial charge in [-0.1, -0.05) is 17.7 Å². The van der Waals surface area contributed by atoms with Gasteiger partial charge in [-0.2, -0.15) is 4.31 Å². The maximum absolute atomic E-state index is 12.7. The van der Waals surface area contributed by atoms with E-state index < -0.39 is 10.0 Å². The molecule has 0 atom stereocenters. The normalized spacial score (nSPS) is 16.0. The number of carbonyl (C=O) groups is 1. The van der Waals surface area contributed by atoms with Crippen molar-refractivity contribution >= 4 is 38.9 Å². The minimum Gasteiger partial charge on any atom is -0.378 e. The van der Waals surface area contributed by atoms with Crippen LogP contribution in [0.3, 0.4) is 0 Å². The van der Waals surface area contributed by atoms with Crippen LogP contribution in [-0.2, 0) is 21.4 Å². The number of halogens is 1. The zero-order valence-electron chi connectivity index (χ0n) is 14.1. The maximum Gasteiger partial charge on any atom is 0.273 e. The number of methoxy groups -OCH3 is 1. The monoisotopic (exact) mass is 415 g/mol. The van der Waals surface area contributed by atoms with Gasteiger partial charge in [0.05, 0.1) is 11.5 Å². The summed E-state index contributed by atoms with van der Waals surface area (Å²) in [5.74, 6) is -0.191. The molecule has 2 heterocycles. The molecule has 26 heavy (non-hydrogen) atoms. The van der Waals surface area contributed by atoms with Crippen LogP contribution in [0.5, 0.6) is 0 Å². The van der Waals surface area contributed by atoms with Crippen LogP contribution >= 0.6 is 22.9 Å². The second-order valence-electron chi connectivity index (χ2n) is 5.71. The van der Waals surface area contributed by atoms with Gasteiger partial charge < -0.3 is 9.64 Å². The largest absolute Gasteiger partial charge is 0.378 e. The highest BCUT2D eigenvalue weighted by atomic mass is 35.5. The number of nitrogens with zero attached hydrogens (tertiary/aromatic N) is 3. The molecule has 1 aromatic carbocycles. The molecule has 0 radical (unpaired) electrons. The SMILES string of the molecule is COCc1nc(C(=O)N2CCN(S(=O)(=O)c3cccc(Cl)c3)CC2)cs1. The number of thiazole rings is 1. The minimum atomic E-state index is -3.62. The standard InChI is InChI=1S/C16H18ClN3O4S2/c1-24-10-15-18-14(11-25-15)16(21)19-5-7-20(8-6-19)26(22,23)13-4-2-3-12(17)9-13/h2-4,9,11H,5-8,10H2,1H3. The molecule has 1 aromatic heterocycles. The summed E-state index contributed by atoms with van der Waals surface area (Å²) in [5, 5.41) is 2.81. The molecule has 2 aromatic rings. The molecule has 0 saturated carbocycles. The number of benzene rings is 1. The van der Waals surface area contributed by atoms with Gasteiger partial charge in [0.2, 0.25) is 10.0 Å². The third-order valence-electron chi connectivity index (χ3n) is 4.00. The summed E-state index contributed by atoms with van der Waals surface area (Å²) in [4.78, 5) is 18.6. The predicted molar refractivity (Wildman–Crippen MR) is 98.9 cm³/mol. The summed E-state index contributed by atoms with van der Waals surface area (Å²) in [6, 6.07) is 6.18. The highest BCUT2D eigenvalue weighted by Gasteiger charge is 2.31. The molecule has 0 bridgehead atoms. The van der Waals surface area contributed by atoms with Crippen LogP contribution in [-0.4, -0.2) is 61.8 Å². The summed E-state index contributed by atoms with van der Waals surface area (Å²) in [7, 11) is -2.05. The van der Waals surface area contributed by atoms with E-state index in [1.807, 2.05) is 0 Å². The first kappa shape index (κ1) is 19.2. The zero-order chi connectivity index (χ0) is 18.7. The van der Waals surface area contributed by atoms with Gasteiger partial charge >= 0.3 is 0 Å². The lowest BCUT2D eigenvalue weighted by molar-refractivity contribution is 0.0692.